The molecule has 154 valence electrons. The van der Waals surface area contributed by atoms with E-state index in [4.69, 9.17) is 4.99 Å². The van der Waals surface area contributed by atoms with Crippen molar-refractivity contribution in [3.8, 4) is 0 Å². The highest BCUT2D eigenvalue weighted by Gasteiger charge is 2.21. The van der Waals surface area contributed by atoms with E-state index in [1.807, 2.05) is 19.3 Å². The molecule has 1 atom stereocenters. The normalized spacial score (nSPS) is 17.3. The number of aromatic nitrogens is 2. The molecule has 28 heavy (non-hydrogen) atoms. The molecule has 1 aromatic carbocycles. The van der Waals surface area contributed by atoms with Gasteiger partial charge in [-0.15, -0.1) is 24.0 Å². The Balaban J connectivity index is 0.00000280. The summed E-state index contributed by atoms with van der Waals surface area (Å²) in [4.78, 5) is 11.7. The van der Waals surface area contributed by atoms with Gasteiger partial charge < -0.3 is 14.8 Å². The van der Waals surface area contributed by atoms with Crippen LogP contribution in [0.1, 0.15) is 37.2 Å². The Bertz CT molecular complexity index is 761. The molecule has 1 aliphatic heterocycles. The predicted molar refractivity (Wildman–Crippen MR) is 131 cm³/mol. The molecule has 1 N–H and O–H groups in total. The molecule has 0 radical (unpaired) electrons. The van der Waals surface area contributed by atoms with Crippen LogP contribution in [0.25, 0.3) is 0 Å². The summed E-state index contributed by atoms with van der Waals surface area (Å²) < 4.78 is 2.17. The number of rotatable bonds is 6. The van der Waals surface area contributed by atoms with E-state index < -0.39 is 0 Å². The molecule has 2 aromatic rings. The first kappa shape index (κ1) is 23.1. The van der Waals surface area contributed by atoms with Gasteiger partial charge in [0.1, 0.15) is 5.82 Å². The van der Waals surface area contributed by atoms with E-state index in [9.17, 15) is 0 Å². The highest BCUT2D eigenvalue weighted by molar-refractivity contribution is 14.0. The Morgan fingerprint density at radius 1 is 1.32 bits per heavy atom. The molecule has 2 heterocycles. The molecule has 1 aromatic heterocycles. The molecule has 7 heteroatoms. The van der Waals surface area contributed by atoms with E-state index in [1.54, 1.807) is 0 Å². The summed E-state index contributed by atoms with van der Waals surface area (Å²) in [6.45, 7) is 11.1. The fourth-order valence-electron chi connectivity index (χ4n) is 3.34. The summed E-state index contributed by atoms with van der Waals surface area (Å²) in [5, 5.41) is 4.19. The first-order valence-corrected chi connectivity index (χ1v) is 10.9. The van der Waals surface area contributed by atoms with Crippen molar-refractivity contribution in [1.82, 2.24) is 19.8 Å². The van der Waals surface area contributed by atoms with E-state index >= 15 is 0 Å². The molecule has 0 spiro atoms. The van der Waals surface area contributed by atoms with Gasteiger partial charge in [0.25, 0.3) is 0 Å². The minimum atomic E-state index is 0. The third kappa shape index (κ3) is 6.40. The van der Waals surface area contributed by atoms with Crippen LogP contribution in [0.5, 0.6) is 0 Å². The molecule has 1 unspecified atom stereocenters. The largest absolute Gasteiger partial charge is 0.357 e. The van der Waals surface area contributed by atoms with Crippen molar-refractivity contribution >= 4 is 41.7 Å². The Hall–Kier alpha value is -1.22. The van der Waals surface area contributed by atoms with Gasteiger partial charge in [-0.25, -0.2) is 9.98 Å². The smallest absolute Gasteiger partial charge is 0.194 e. The van der Waals surface area contributed by atoms with Gasteiger partial charge in [-0.3, -0.25) is 0 Å². The van der Waals surface area contributed by atoms with Crippen molar-refractivity contribution in [2.45, 2.75) is 45.5 Å². The second kappa shape index (κ2) is 11.7. The maximum atomic E-state index is 4.93. The van der Waals surface area contributed by atoms with E-state index in [2.05, 4.69) is 69.6 Å². The Morgan fingerprint density at radius 2 is 2.14 bits per heavy atom. The third-order valence-electron chi connectivity index (χ3n) is 4.91. The quantitative estimate of drug-likeness (QED) is 0.358. The number of aliphatic imine (C=N–C) groups is 1. The standard InChI is InChI=1S/C21H31N5S.HI/c1-4-20-16-26(11-12-27-20)21(22-5-2)24-14-18-7-6-8-19(13-18)15-25-10-9-23-17(25)3;/h6-10,13,20H,4-5,11-12,14-16H2,1-3H3,(H,22,24);1H. The molecule has 5 nitrogen and oxygen atoms in total. The van der Waals surface area contributed by atoms with Crippen LogP contribution in [-0.4, -0.2) is 51.0 Å². The minimum Gasteiger partial charge on any atom is -0.357 e. The molecule has 0 amide bonds. The lowest BCUT2D eigenvalue weighted by molar-refractivity contribution is 0.408. The number of halogens is 1. The summed E-state index contributed by atoms with van der Waals surface area (Å²) in [5.41, 5.74) is 2.54. The fraction of sp³-hybridized carbons (Fsp3) is 0.524. The zero-order valence-electron chi connectivity index (χ0n) is 17.1. The van der Waals surface area contributed by atoms with Crippen molar-refractivity contribution in [2.24, 2.45) is 4.99 Å². The van der Waals surface area contributed by atoms with Crippen LogP contribution < -0.4 is 5.32 Å². The molecule has 1 aliphatic rings. The second-order valence-electron chi connectivity index (χ2n) is 6.94. The van der Waals surface area contributed by atoms with Gasteiger partial charge in [0.15, 0.2) is 5.96 Å². The lowest BCUT2D eigenvalue weighted by atomic mass is 10.1. The lowest BCUT2D eigenvalue weighted by Gasteiger charge is -2.34. The topological polar surface area (TPSA) is 45.5 Å². The first-order valence-electron chi connectivity index (χ1n) is 9.90. The number of thioether (sulfide) groups is 1. The Kier molecular flexibility index (Phi) is 9.64. The van der Waals surface area contributed by atoms with Gasteiger partial charge in [0.2, 0.25) is 0 Å². The minimum absolute atomic E-state index is 0. The van der Waals surface area contributed by atoms with Crippen molar-refractivity contribution in [1.29, 1.82) is 0 Å². The predicted octanol–water partition coefficient (Wildman–Crippen LogP) is 4.15. The maximum absolute atomic E-state index is 4.93. The van der Waals surface area contributed by atoms with Gasteiger partial charge in [0, 0.05) is 49.6 Å². The van der Waals surface area contributed by atoms with Gasteiger partial charge >= 0.3 is 0 Å². The first-order chi connectivity index (χ1) is 13.2. The second-order valence-corrected chi connectivity index (χ2v) is 8.35. The van der Waals surface area contributed by atoms with Gasteiger partial charge in [-0.05, 0) is 31.4 Å². The number of aryl methyl sites for hydroxylation is 1. The molecule has 0 saturated carbocycles. The molecule has 0 aliphatic carbocycles. The lowest BCUT2D eigenvalue weighted by Crippen LogP contribution is -2.48. The highest BCUT2D eigenvalue weighted by atomic mass is 127. The molecule has 0 bridgehead atoms. The number of guanidine groups is 1. The van der Waals surface area contributed by atoms with Crippen LogP contribution in [-0.2, 0) is 13.1 Å². The monoisotopic (exact) mass is 513 g/mol. The summed E-state index contributed by atoms with van der Waals surface area (Å²) in [7, 11) is 0. The van der Waals surface area contributed by atoms with Crippen LogP contribution in [0.2, 0.25) is 0 Å². The number of nitrogens with one attached hydrogen (secondary N) is 1. The molecular formula is C21H32IN5S. The average molecular weight is 513 g/mol. The van der Waals surface area contributed by atoms with Crippen molar-refractivity contribution in [3.63, 3.8) is 0 Å². The Labute approximate surface area is 190 Å². The fourth-order valence-corrected chi connectivity index (χ4v) is 4.52. The van der Waals surface area contributed by atoms with Crippen LogP contribution in [0.3, 0.4) is 0 Å². The number of nitrogens with zero attached hydrogens (tertiary/aromatic N) is 4. The van der Waals surface area contributed by atoms with E-state index in [0.717, 1.165) is 38.0 Å². The number of imidazole rings is 1. The summed E-state index contributed by atoms with van der Waals surface area (Å²) in [5.74, 6) is 3.27. The number of hydrogen-bond donors (Lipinski definition) is 1. The van der Waals surface area contributed by atoms with E-state index in [-0.39, 0.29) is 24.0 Å². The molecular weight excluding hydrogens is 481 g/mol. The summed E-state index contributed by atoms with van der Waals surface area (Å²) >= 11 is 2.09. The van der Waals surface area contributed by atoms with Crippen molar-refractivity contribution < 1.29 is 0 Å². The van der Waals surface area contributed by atoms with Crippen LogP contribution in [0.4, 0.5) is 0 Å². The van der Waals surface area contributed by atoms with Gasteiger partial charge in [-0.1, -0.05) is 31.2 Å². The summed E-state index contributed by atoms with van der Waals surface area (Å²) in [6.07, 6.45) is 5.10. The van der Waals surface area contributed by atoms with Gasteiger partial charge in [-0.2, -0.15) is 11.8 Å². The van der Waals surface area contributed by atoms with Crippen molar-refractivity contribution in [2.75, 3.05) is 25.4 Å². The molecule has 3 rings (SSSR count). The zero-order valence-corrected chi connectivity index (χ0v) is 20.2. The number of benzene rings is 1. The Morgan fingerprint density at radius 3 is 2.86 bits per heavy atom. The SMILES string of the molecule is CCNC(=NCc1cccc(Cn2ccnc2C)c1)N1CCSC(CC)C1.I. The maximum Gasteiger partial charge on any atom is 0.194 e. The number of hydrogen-bond acceptors (Lipinski definition) is 3. The van der Waals surface area contributed by atoms with Crippen LogP contribution in [0.15, 0.2) is 41.7 Å². The third-order valence-corrected chi connectivity index (χ3v) is 6.28. The summed E-state index contributed by atoms with van der Waals surface area (Å²) in [6, 6.07) is 8.72. The average Bonchev–Trinajstić information content (AvgIpc) is 3.10. The highest BCUT2D eigenvalue weighted by Crippen LogP contribution is 2.21. The van der Waals surface area contributed by atoms with Crippen LogP contribution >= 0.6 is 35.7 Å². The van der Waals surface area contributed by atoms with E-state index in [1.165, 1.54) is 23.3 Å². The van der Waals surface area contributed by atoms with Gasteiger partial charge in [0.05, 0.1) is 6.54 Å². The van der Waals surface area contributed by atoms with Crippen LogP contribution in [0, 0.1) is 6.92 Å². The van der Waals surface area contributed by atoms with Crippen molar-refractivity contribution in [3.05, 3.63) is 53.6 Å². The zero-order chi connectivity index (χ0) is 19.1. The molecule has 1 fully saturated rings. The van der Waals surface area contributed by atoms with E-state index in [0.29, 0.717) is 11.8 Å². The molecule has 1 saturated heterocycles.